The van der Waals surface area contributed by atoms with E-state index in [1.54, 1.807) is 17.1 Å². The molecule has 0 spiro atoms. The van der Waals surface area contributed by atoms with Crippen molar-refractivity contribution in [2.45, 2.75) is 26.8 Å². The van der Waals surface area contributed by atoms with Crippen LogP contribution in [0.4, 0.5) is 14.6 Å². The molecule has 1 atom stereocenters. The number of aryl methyl sites for hydroxylation is 2. The highest BCUT2D eigenvalue weighted by molar-refractivity contribution is 5.40. The number of nitrogens with zero attached hydrogens (tertiary/aromatic N) is 6. The summed E-state index contributed by atoms with van der Waals surface area (Å²) in [6.07, 6.45) is 3.46. The predicted molar refractivity (Wildman–Crippen MR) is 107 cm³/mol. The van der Waals surface area contributed by atoms with Crippen LogP contribution in [-0.4, -0.2) is 50.8 Å². The first-order valence-corrected chi connectivity index (χ1v) is 9.72. The molecule has 8 heteroatoms. The number of benzene rings is 1. The number of piperazine rings is 1. The Morgan fingerprint density at radius 2 is 1.69 bits per heavy atom. The SMILES string of the molecule is Cc1cc(C)n(-c2cncc(N3CCN(C(C)c4ccc(F)cc4F)CC3)n2)n1. The fraction of sp³-hybridized carbons (Fsp3) is 0.381. The lowest BCUT2D eigenvalue weighted by Gasteiger charge is -2.38. The number of rotatable bonds is 4. The fourth-order valence-corrected chi connectivity index (χ4v) is 3.84. The van der Waals surface area contributed by atoms with Gasteiger partial charge >= 0.3 is 0 Å². The Kier molecular flexibility index (Phi) is 5.27. The van der Waals surface area contributed by atoms with Crippen LogP contribution in [0.3, 0.4) is 0 Å². The van der Waals surface area contributed by atoms with Crippen LogP contribution >= 0.6 is 0 Å². The zero-order valence-corrected chi connectivity index (χ0v) is 16.8. The van der Waals surface area contributed by atoms with Gasteiger partial charge in [-0.2, -0.15) is 5.10 Å². The van der Waals surface area contributed by atoms with Crippen molar-refractivity contribution in [1.82, 2.24) is 24.6 Å². The lowest BCUT2D eigenvalue weighted by molar-refractivity contribution is 0.194. The van der Waals surface area contributed by atoms with Crippen molar-refractivity contribution in [3.8, 4) is 5.82 Å². The van der Waals surface area contributed by atoms with E-state index in [4.69, 9.17) is 4.98 Å². The summed E-state index contributed by atoms with van der Waals surface area (Å²) in [5.74, 6) is 0.445. The predicted octanol–water partition coefficient (Wildman–Crippen LogP) is 3.44. The van der Waals surface area contributed by atoms with Gasteiger partial charge in [0.2, 0.25) is 0 Å². The summed E-state index contributed by atoms with van der Waals surface area (Å²) in [6, 6.07) is 5.67. The number of halogens is 2. The Bertz CT molecular complexity index is 1010. The number of hydrogen-bond acceptors (Lipinski definition) is 5. The topological polar surface area (TPSA) is 50.1 Å². The summed E-state index contributed by atoms with van der Waals surface area (Å²) in [5.41, 5.74) is 2.46. The van der Waals surface area contributed by atoms with E-state index in [9.17, 15) is 8.78 Å². The Labute approximate surface area is 168 Å². The fourth-order valence-electron chi connectivity index (χ4n) is 3.84. The van der Waals surface area contributed by atoms with E-state index in [-0.39, 0.29) is 6.04 Å². The smallest absolute Gasteiger partial charge is 0.174 e. The van der Waals surface area contributed by atoms with Crippen LogP contribution < -0.4 is 4.90 Å². The molecule has 1 unspecified atom stereocenters. The van der Waals surface area contributed by atoms with Gasteiger partial charge in [0.25, 0.3) is 0 Å². The van der Waals surface area contributed by atoms with Crippen molar-refractivity contribution in [3.63, 3.8) is 0 Å². The highest BCUT2D eigenvalue weighted by Gasteiger charge is 2.25. The zero-order valence-electron chi connectivity index (χ0n) is 16.8. The van der Waals surface area contributed by atoms with Crippen LogP contribution in [-0.2, 0) is 0 Å². The van der Waals surface area contributed by atoms with Gasteiger partial charge in [-0.3, -0.25) is 9.88 Å². The molecular formula is C21H24F2N6. The lowest BCUT2D eigenvalue weighted by atomic mass is 10.1. The monoisotopic (exact) mass is 398 g/mol. The normalized spacial score (nSPS) is 16.2. The van der Waals surface area contributed by atoms with E-state index < -0.39 is 11.6 Å². The number of hydrogen-bond donors (Lipinski definition) is 0. The van der Waals surface area contributed by atoms with Gasteiger partial charge in [0.1, 0.15) is 17.5 Å². The van der Waals surface area contributed by atoms with Gasteiger partial charge in [0.05, 0.1) is 18.1 Å². The molecule has 29 heavy (non-hydrogen) atoms. The highest BCUT2D eigenvalue weighted by atomic mass is 19.1. The molecule has 0 amide bonds. The average molecular weight is 398 g/mol. The molecule has 0 radical (unpaired) electrons. The molecule has 3 heterocycles. The van der Waals surface area contributed by atoms with E-state index in [0.717, 1.165) is 49.5 Å². The molecule has 1 aromatic carbocycles. The largest absolute Gasteiger partial charge is 0.353 e. The molecule has 0 bridgehead atoms. The van der Waals surface area contributed by atoms with E-state index in [0.29, 0.717) is 11.4 Å². The van der Waals surface area contributed by atoms with Gasteiger partial charge < -0.3 is 4.90 Å². The lowest BCUT2D eigenvalue weighted by Crippen LogP contribution is -2.47. The number of anilines is 1. The Morgan fingerprint density at radius 1 is 0.966 bits per heavy atom. The van der Waals surface area contributed by atoms with E-state index >= 15 is 0 Å². The molecule has 0 N–H and O–H groups in total. The standard InChI is InChI=1S/C21H24F2N6/c1-14-10-15(2)29(26-14)21-13-24-12-20(25-21)28-8-6-27(7-9-28)16(3)18-5-4-17(22)11-19(18)23/h4-5,10-13,16H,6-9H2,1-3H3. The summed E-state index contributed by atoms with van der Waals surface area (Å²) in [4.78, 5) is 13.5. The van der Waals surface area contributed by atoms with Gasteiger partial charge in [-0.25, -0.2) is 18.4 Å². The van der Waals surface area contributed by atoms with Crippen LogP contribution in [0.15, 0.2) is 36.7 Å². The molecule has 0 aliphatic carbocycles. The molecule has 1 aliphatic heterocycles. The molecule has 2 aromatic heterocycles. The first kappa shape index (κ1) is 19.4. The highest BCUT2D eigenvalue weighted by Crippen LogP contribution is 2.26. The minimum Gasteiger partial charge on any atom is -0.353 e. The summed E-state index contributed by atoms with van der Waals surface area (Å²) < 4.78 is 29.1. The summed E-state index contributed by atoms with van der Waals surface area (Å²) >= 11 is 0. The maximum atomic E-state index is 14.1. The average Bonchev–Trinajstić information content (AvgIpc) is 3.06. The second kappa shape index (κ2) is 7.87. The molecule has 1 saturated heterocycles. The summed E-state index contributed by atoms with van der Waals surface area (Å²) in [6.45, 7) is 8.90. The zero-order chi connectivity index (χ0) is 20.5. The second-order valence-corrected chi connectivity index (χ2v) is 7.44. The first-order valence-electron chi connectivity index (χ1n) is 9.72. The Morgan fingerprint density at radius 3 is 2.34 bits per heavy atom. The molecule has 6 nitrogen and oxygen atoms in total. The van der Waals surface area contributed by atoms with Crippen molar-refractivity contribution in [2.75, 3.05) is 31.1 Å². The summed E-state index contributed by atoms with van der Waals surface area (Å²) in [7, 11) is 0. The van der Waals surface area contributed by atoms with E-state index in [2.05, 4.69) is 19.9 Å². The Balaban J connectivity index is 1.46. The van der Waals surface area contributed by atoms with Gasteiger partial charge in [-0.15, -0.1) is 0 Å². The minimum atomic E-state index is -0.552. The van der Waals surface area contributed by atoms with Gasteiger partial charge in [0.15, 0.2) is 5.82 Å². The first-order chi connectivity index (χ1) is 13.9. The van der Waals surface area contributed by atoms with Crippen molar-refractivity contribution < 1.29 is 8.78 Å². The Hall–Kier alpha value is -2.87. The van der Waals surface area contributed by atoms with Crippen molar-refractivity contribution in [2.24, 2.45) is 0 Å². The third kappa shape index (κ3) is 3.98. The maximum Gasteiger partial charge on any atom is 0.174 e. The van der Waals surface area contributed by atoms with Gasteiger partial charge in [0, 0.05) is 49.5 Å². The van der Waals surface area contributed by atoms with Crippen LogP contribution in [0.2, 0.25) is 0 Å². The van der Waals surface area contributed by atoms with Crippen molar-refractivity contribution >= 4 is 5.82 Å². The molecule has 3 aromatic rings. The molecule has 1 aliphatic rings. The van der Waals surface area contributed by atoms with Crippen LogP contribution in [0.5, 0.6) is 0 Å². The number of aromatic nitrogens is 4. The maximum absolute atomic E-state index is 14.1. The van der Waals surface area contributed by atoms with Crippen LogP contribution in [0.25, 0.3) is 5.82 Å². The van der Waals surface area contributed by atoms with E-state index in [1.807, 2.05) is 26.8 Å². The van der Waals surface area contributed by atoms with Crippen molar-refractivity contribution in [3.05, 3.63) is 65.2 Å². The third-order valence-electron chi connectivity index (χ3n) is 5.43. The second-order valence-electron chi connectivity index (χ2n) is 7.44. The van der Waals surface area contributed by atoms with Crippen LogP contribution in [0, 0.1) is 25.5 Å². The molecule has 0 saturated carbocycles. The van der Waals surface area contributed by atoms with Crippen LogP contribution in [0.1, 0.15) is 29.9 Å². The molecule has 4 rings (SSSR count). The third-order valence-corrected chi connectivity index (χ3v) is 5.43. The van der Waals surface area contributed by atoms with Gasteiger partial charge in [-0.1, -0.05) is 6.07 Å². The van der Waals surface area contributed by atoms with Crippen molar-refractivity contribution in [1.29, 1.82) is 0 Å². The molecule has 1 fully saturated rings. The summed E-state index contributed by atoms with van der Waals surface area (Å²) in [5, 5.41) is 4.48. The quantitative estimate of drug-likeness (QED) is 0.674. The van der Waals surface area contributed by atoms with Gasteiger partial charge in [-0.05, 0) is 32.9 Å². The van der Waals surface area contributed by atoms with E-state index in [1.165, 1.54) is 12.1 Å². The molecular weight excluding hydrogens is 374 g/mol. The minimum absolute atomic E-state index is 0.120. The molecule has 152 valence electrons.